The van der Waals surface area contributed by atoms with Gasteiger partial charge in [-0.15, -0.1) is 11.3 Å². The van der Waals surface area contributed by atoms with Crippen LogP contribution in [0.25, 0.3) is 0 Å². The Labute approximate surface area is 160 Å². The first-order chi connectivity index (χ1) is 13.0. The molecule has 0 atom stereocenters. The number of benzene rings is 1. The number of nitrogens with one attached hydrogen (secondary N) is 3. The number of para-hydroxylation sites is 1. The van der Waals surface area contributed by atoms with Gasteiger partial charge in [-0.2, -0.15) is 0 Å². The Morgan fingerprint density at radius 3 is 2.48 bits per heavy atom. The molecule has 2 aromatic rings. The van der Waals surface area contributed by atoms with E-state index in [0.717, 1.165) is 4.88 Å². The summed E-state index contributed by atoms with van der Waals surface area (Å²) in [6.45, 7) is 2.59. The van der Waals surface area contributed by atoms with Crippen molar-refractivity contribution in [3.63, 3.8) is 0 Å². The van der Waals surface area contributed by atoms with E-state index in [1.807, 2.05) is 17.5 Å². The molecule has 0 radical (unpaired) electrons. The van der Waals surface area contributed by atoms with Crippen molar-refractivity contribution in [1.29, 1.82) is 0 Å². The summed E-state index contributed by atoms with van der Waals surface area (Å²) in [6, 6.07) is 8.63. The summed E-state index contributed by atoms with van der Waals surface area (Å²) in [5, 5.41) is 9.09. The average molecular weight is 392 g/mol. The molecule has 27 heavy (non-hydrogen) atoms. The van der Waals surface area contributed by atoms with Crippen LogP contribution in [0.5, 0.6) is 0 Å². The van der Waals surface area contributed by atoms with Gasteiger partial charge in [0.15, 0.2) is 0 Å². The predicted octanol–water partition coefficient (Wildman–Crippen LogP) is 2.17. The normalized spacial score (nSPS) is 10.5. The van der Waals surface area contributed by atoms with Crippen LogP contribution >= 0.6 is 11.3 Å². The number of rotatable bonds is 8. The number of anilines is 1. The van der Waals surface area contributed by atoms with Crippen LogP contribution in [0, 0.1) is 5.82 Å². The van der Waals surface area contributed by atoms with E-state index in [0.29, 0.717) is 13.1 Å². The van der Waals surface area contributed by atoms with Gasteiger partial charge in [-0.05, 0) is 30.1 Å². The Kier molecular flexibility index (Phi) is 7.90. The van der Waals surface area contributed by atoms with Crippen LogP contribution in [0.15, 0.2) is 41.8 Å². The fraction of sp³-hybridized carbons (Fsp3) is 0.278. The zero-order valence-corrected chi connectivity index (χ0v) is 15.6. The van der Waals surface area contributed by atoms with Gasteiger partial charge in [0.2, 0.25) is 11.8 Å². The van der Waals surface area contributed by atoms with Gasteiger partial charge in [0, 0.05) is 4.88 Å². The van der Waals surface area contributed by atoms with Crippen LogP contribution < -0.4 is 16.0 Å². The van der Waals surface area contributed by atoms with E-state index >= 15 is 0 Å². The second-order valence-corrected chi connectivity index (χ2v) is 6.67. The van der Waals surface area contributed by atoms with Crippen molar-refractivity contribution in [3.8, 4) is 0 Å². The van der Waals surface area contributed by atoms with Crippen molar-refractivity contribution in [2.45, 2.75) is 13.5 Å². The number of nitrogens with zero attached hydrogens (tertiary/aromatic N) is 1. The molecule has 9 heteroatoms. The Hall–Kier alpha value is -2.78. The summed E-state index contributed by atoms with van der Waals surface area (Å²) < 4.78 is 13.5. The molecular formula is C18H21FN4O3S. The molecule has 0 saturated heterocycles. The molecule has 4 amide bonds. The molecule has 0 aliphatic heterocycles. The van der Waals surface area contributed by atoms with Gasteiger partial charge in [-0.25, -0.2) is 9.18 Å². The van der Waals surface area contributed by atoms with Crippen LogP contribution in [0.3, 0.4) is 0 Å². The first-order valence-electron chi connectivity index (χ1n) is 8.34. The Balaban J connectivity index is 1.75. The van der Waals surface area contributed by atoms with Gasteiger partial charge >= 0.3 is 6.03 Å². The van der Waals surface area contributed by atoms with Gasteiger partial charge in [0.25, 0.3) is 0 Å². The molecule has 0 saturated carbocycles. The maximum Gasteiger partial charge on any atom is 0.326 e. The first-order valence-corrected chi connectivity index (χ1v) is 9.22. The molecule has 0 fully saturated rings. The summed E-state index contributed by atoms with van der Waals surface area (Å²) in [6.07, 6.45) is 0. The number of carbonyl (C=O) groups is 3. The van der Waals surface area contributed by atoms with Gasteiger partial charge in [0.05, 0.1) is 25.3 Å². The number of urea groups is 1. The summed E-state index contributed by atoms with van der Waals surface area (Å²) in [7, 11) is 0. The smallest absolute Gasteiger partial charge is 0.326 e. The maximum atomic E-state index is 13.5. The molecule has 1 aromatic carbocycles. The fourth-order valence-electron chi connectivity index (χ4n) is 2.22. The van der Waals surface area contributed by atoms with E-state index in [-0.39, 0.29) is 24.7 Å². The first kappa shape index (κ1) is 20.5. The quantitative estimate of drug-likeness (QED) is 0.642. The van der Waals surface area contributed by atoms with E-state index in [2.05, 4.69) is 16.0 Å². The third kappa shape index (κ3) is 7.16. The van der Waals surface area contributed by atoms with Crippen molar-refractivity contribution >= 4 is 34.9 Å². The lowest BCUT2D eigenvalue weighted by Gasteiger charge is -2.19. The SMILES string of the molecule is CCN(CC(=O)NCc1cccs1)CC(=O)NC(=O)Nc1ccccc1F. The van der Waals surface area contributed by atoms with Crippen molar-refractivity contribution in [1.82, 2.24) is 15.5 Å². The largest absolute Gasteiger partial charge is 0.350 e. The van der Waals surface area contributed by atoms with Crippen LogP contribution in [-0.2, 0) is 16.1 Å². The zero-order valence-electron chi connectivity index (χ0n) is 14.8. The second-order valence-electron chi connectivity index (χ2n) is 5.64. The van der Waals surface area contributed by atoms with E-state index in [9.17, 15) is 18.8 Å². The minimum atomic E-state index is -0.830. The summed E-state index contributed by atoms with van der Waals surface area (Å²) >= 11 is 1.55. The molecule has 3 N–H and O–H groups in total. The second kappa shape index (κ2) is 10.4. The molecule has 7 nitrogen and oxygen atoms in total. The summed E-state index contributed by atoms with van der Waals surface area (Å²) in [5.74, 6) is -1.40. The summed E-state index contributed by atoms with van der Waals surface area (Å²) in [5.41, 5.74) is -0.0249. The maximum absolute atomic E-state index is 13.5. The Morgan fingerprint density at radius 2 is 1.81 bits per heavy atom. The Morgan fingerprint density at radius 1 is 1.07 bits per heavy atom. The molecule has 144 valence electrons. The van der Waals surface area contributed by atoms with Crippen molar-refractivity contribution in [2.75, 3.05) is 25.0 Å². The highest BCUT2D eigenvalue weighted by atomic mass is 32.1. The number of imide groups is 1. The highest BCUT2D eigenvalue weighted by Gasteiger charge is 2.15. The average Bonchev–Trinajstić information content (AvgIpc) is 3.15. The number of likely N-dealkylation sites (N-methyl/N-ethyl adjacent to an activating group) is 1. The number of amides is 4. The summed E-state index contributed by atoms with van der Waals surface area (Å²) in [4.78, 5) is 38.4. The third-order valence-electron chi connectivity index (χ3n) is 3.60. The van der Waals surface area contributed by atoms with E-state index in [4.69, 9.17) is 0 Å². The van der Waals surface area contributed by atoms with E-state index in [1.54, 1.807) is 29.2 Å². The zero-order chi connectivity index (χ0) is 19.6. The highest BCUT2D eigenvalue weighted by molar-refractivity contribution is 7.09. The lowest BCUT2D eigenvalue weighted by molar-refractivity contribution is -0.124. The van der Waals surface area contributed by atoms with Crippen molar-refractivity contribution < 1.29 is 18.8 Å². The monoisotopic (exact) mass is 392 g/mol. The van der Waals surface area contributed by atoms with Gasteiger partial charge < -0.3 is 10.6 Å². The molecule has 0 aliphatic rings. The van der Waals surface area contributed by atoms with E-state index in [1.165, 1.54) is 18.2 Å². The number of carbonyl (C=O) groups excluding carboxylic acids is 3. The number of hydrogen-bond donors (Lipinski definition) is 3. The van der Waals surface area contributed by atoms with Crippen LogP contribution in [0.2, 0.25) is 0 Å². The number of thiophene rings is 1. The molecule has 0 bridgehead atoms. The molecular weight excluding hydrogens is 371 g/mol. The fourth-order valence-corrected chi connectivity index (χ4v) is 2.87. The van der Waals surface area contributed by atoms with Gasteiger partial charge in [0.1, 0.15) is 5.82 Å². The van der Waals surface area contributed by atoms with Crippen molar-refractivity contribution in [3.05, 3.63) is 52.5 Å². The lowest BCUT2D eigenvalue weighted by atomic mass is 10.3. The van der Waals surface area contributed by atoms with Crippen LogP contribution in [0.1, 0.15) is 11.8 Å². The molecule has 0 spiro atoms. The third-order valence-corrected chi connectivity index (χ3v) is 4.47. The van der Waals surface area contributed by atoms with Crippen LogP contribution in [-0.4, -0.2) is 42.4 Å². The minimum absolute atomic E-state index is 0.0249. The standard InChI is InChI=1S/C18H21FN4O3S/c1-2-23(11-16(24)20-10-13-6-5-9-27-13)12-17(25)22-18(26)21-15-8-4-3-7-14(15)19/h3-9H,2,10-12H2,1H3,(H,20,24)(H2,21,22,25,26). The lowest BCUT2D eigenvalue weighted by Crippen LogP contribution is -2.45. The minimum Gasteiger partial charge on any atom is -0.350 e. The number of halogens is 1. The van der Waals surface area contributed by atoms with Gasteiger partial charge in [-0.3, -0.25) is 19.8 Å². The molecule has 1 heterocycles. The Bertz CT molecular complexity index is 783. The van der Waals surface area contributed by atoms with E-state index < -0.39 is 17.8 Å². The van der Waals surface area contributed by atoms with Crippen LogP contribution in [0.4, 0.5) is 14.9 Å². The molecule has 1 aromatic heterocycles. The van der Waals surface area contributed by atoms with Gasteiger partial charge in [-0.1, -0.05) is 25.1 Å². The topological polar surface area (TPSA) is 90.5 Å². The highest BCUT2D eigenvalue weighted by Crippen LogP contribution is 2.11. The van der Waals surface area contributed by atoms with Crippen molar-refractivity contribution in [2.24, 2.45) is 0 Å². The number of hydrogen-bond acceptors (Lipinski definition) is 5. The molecule has 0 unspecified atom stereocenters. The predicted molar refractivity (Wildman–Crippen MR) is 102 cm³/mol. The molecule has 0 aliphatic carbocycles. The molecule has 2 rings (SSSR count).